The van der Waals surface area contributed by atoms with E-state index in [2.05, 4.69) is 44.8 Å². The lowest BCUT2D eigenvalue weighted by atomic mass is 10.2. The van der Waals surface area contributed by atoms with E-state index < -0.39 is 0 Å². The molecule has 4 nitrogen and oxygen atoms in total. The Morgan fingerprint density at radius 1 is 1.23 bits per heavy atom. The molecule has 1 aromatic heterocycles. The predicted octanol–water partition coefficient (Wildman–Crippen LogP) is 2.55. The van der Waals surface area contributed by atoms with Gasteiger partial charge < -0.3 is 10.2 Å². The topological polar surface area (TPSA) is 35.6 Å². The van der Waals surface area contributed by atoms with Crippen molar-refractivity contribution in [3.63, 3.8) is 0 Å². The van der Waals surface area contributed by atoms with E-state index in [1.54, 1.807) is 11.3 Å². The van der Waals surface area contributed by atoms with Crippen LogP contribution >= 0.6 is 11.3 Å². The minimum absolute atomic E-state index is 0.128. The molecule has 5 heteroatoms. The summed E-state index contributed by atoms with van der Waals surface area (Å²) >= 11 is 1.79. The average Bonchev–Trinajstić information content (AvgIpc) is 2.95. The first kappa shape index (κ1) is 15.3. The molecule has 1 aliphatic heterocycles. The van der Waals surface area contributed by atoms with Gasteiger partial charge in [0.2, 0.25) is 5.91 Å². The standard InChI is InChI=1S/C17H23N3OS/c1-13(2)18-17(21)12-19-7-9-20(10-8-19)15-4-3-5-16-14(15)6-11-22-16/h3-6,11,13H,7-10,12H2,1-2H3,(H,18,21). The first-order valence-electron chi connectivity index (χ1n) is 7.86. The van der Waals surface area contributed by atoms with Gasteiger partial charge in [0, 0.05) is 48.0 Å². The van der Waals surface area contributed by atoms with Gasteiger partial charge in [0.05, 0.1) is 6.54 Å². The molecular formula is C17H23N3OS. The summed E-state index contributed by atoms with van der Waals surface area (Å²) in [5.74, 6) is 0.128. The molecule has 118 valence electrons. The van der Waals surface area contributed by atoms with Crippen LogP contribution in [0.1, 0.15) is 13.8 Å². The largest absolute Gasteiger partial charge is 0.368 e. The van der Waals surface area contributed by atoms with Crippen molar-refractivity contribution < 1.29 is 4.79 Å². The molecule has 2 heterocycles. The Bertz CT molecular complexity index is 644. The summed E-state index contributed by atoms with van der Waals surface area (Å²) in [6.07, 6.45) is 0. The highest BCUT2D eigenvalue weighted by atomic mass is 32.1. The molecule has 0 radical (unpaired) electrons. The highest BCUT2D eigenvalue weighted by Crippen LogP contribution is 2.30. The Labute approximate surface area is 135 Å². The summed E-state index contributed by atoms with van der Waals surface area (Å²) in [5, 5.41) is 6.46. The lowest BCUT2D eigenvalue weighted by Crippen LogP contribution is -2.50. The van der Waals surface area contributed by atoms with Crippen molar-refractivity contribution in [1.82, 2.24) is 10.2 Å². The number of carbonyl (C=O) groups excluding carboxylic acids is 1. The molecular weight excluding hydrogens is 294 g/mol. The highest BCUT2D eigenvalue weighted by Gasteiger charge is 2.20. The quantitative estimate of drug-likeness (QED) is 0.941. The molecule has 0 spiro atoms. The zero-order valence-corrected chi connectivity index (χ0v) is 14.0. The maximum atomic E-state index is 11.8. The van der Waals surface area contributed by atoms with Gasteiger partial charge in [0.25, 0.3) is 0 Å². The van der Waals surface area contributed by atoms with E-state index in [0.717, 1.165) is 26.2 Å². The van der Waals surface area contributed by atoms with Crippen molar-refractivity contribution in [2.24, 2.45) is 0 Å². The SMILES string of the molecule is CC(C)NC(=O)CN1CCN(c2cccc3sccc23)CC1. The van der Waals surface area contributed by atoms with Crippen LogP contribution in [0.3, 0.4) is 0 Å². The van der Waals surface area contributed by atoms with Crippen LogP contribution in [0.5, 0.6) is 0 Å². The zero-order chi connectivity index (χ0) is 15.5. The second-order valence-electron chi connectivity index (χ2n) is 6.09. The van der Waals surface area contributed by atoms with E-state index in [4.69, 9.17) is 0 Å². The van der Waals surface area contributed by atoms with Gasteiger partial charge in [0.15, 0.2) is 0 Å². The zero-order valence-electron chi connectivity index (χ0n) is 13.2. The summed E-state index contributed by atoms with van der Waals surface area (Å²) in [5.41, 5.74) is 1.32. The van der Waals surface area contributed by atoms with Crippen molar-refractivity contribution >= 4 is 33.0 Å². The molecule has 22 heavy (non-hydrogen) atoms. The maximum absolute atomic E-state index is 11.8. The lowest BCUT2D eigenvalue weighted by Gasteiger charge is -2.36. The minimum atomic E-state index is 0.128. The van der Waals surface area contributed by atoms with Gasteiger partial charge in [-0.15, -0.1) is 11.3 Å². The normalized spacial score (nSPS) is 16.4. The molecule has 0 unspecified atom stereocenters. The third-order valence-electron chi connectivity index (χ3n) is 4.00. The Hall–Kier alpha value is -1.59. The van der Waals surface area contributed by atoms with E-state index in [9.17, 15) is 4.79 Å². The van der Waals surface area contributed by atoms with E-state index >= 15 is 0 Å². The van der Waals surface area contributed by atoms with Gasteiger partial charge in [-0.3, -0.25) is 9.69 Å². The van der Waals surface area contributed by atoms with Crippen molar-refractivity contribution in [3.05, 3.63) is 29.6 Å². The number of benzene rings is 1. The molecule has 0 atom stereocenters. The monoisotopic (exact) mass is 317 g/mol. The number of anilines is 1. The van der Waals surface area contributed by atoms with Gasteiger partial charge in [-0.25, -0.2) is 0 Å². The van der Waals surface area contributed by atoms with Gasteiger partial charge in [0.1, 0.15) is 0 Å². The van der Waals surface area contributed by atoms with Gasteiger partial charge >= 0.3 is 0 Å². The van der Waals surface area contributed by atoms with Crippen LogP contribution in [0.4, 0.5) is 5.69 Å². The van der Waals surface area contributed by atoms with Gasteiger partial charge in [-0.05, 0) is 37.4 Å². The van der Waals surface area contributed by atoms with Gasteiger partial charge in [-0.2, -0.15) is 0 Å². The van der Waals surface area contributed by atoms with Crippen LogP contribution in [0, 0.1) is 0 Å². The van der Waals surface area contributed by atoms with Crippen LogP contribution in [0.2, 0.25) is 0 Å². The fourth-order valence-corrected chi connectivity index (χ4v) is 3.78. The molecule has 1 amide bonds. The fourth-order valence-electron chi connectivity index (χ4n) is 2.97. The number of thiophene rings is 1. The first-order chi connectivity index (χ1) is 10.6. The summed E-state index contributed by atoms with van der Waals surface area (Å²) in [6.45, 7) is 8.33. The lowest BCUT2D eigenvalue weighted by molar-refractivity contribution is -0.122. The van der Waals surface area contributed by atoms with Gasteiger partial charge in [-0.1, -0.05) is 6.07 Å². The van der Waals surface area contributed by atoms with Crippen LogP contribution < -0.4 is 10.2 Å². The minimum Gasteiger partial charge on any atom is -0.368 e. The van der Waals surface area contributed by atoms with Crippen molar-refractivity contribution in [3.8, 4) is 0 Å². The molecule has 1 saturated heterocycles. The number of hydrogen-bond acceptors (Lipinski definition) is 4. The number of piperazine rings is 1. The predicted molar refractivity (Wildman–Crippen MR) is 93.8 cm³/mol. The number of rotatable bonds is 4. The maximum Gasteiger partial charge on any atom is 0.234 e. The Morgan fingerprint density at radius 2 is 2.00 bits per heavy atom. The second-order valence-corrected chi connectivity index (χ2v) is 7.04. The molecule has 0 saturated carbocycles. The summed E-state index contributed by atoms with van der Waals surface area (Å²) in [4.78, 5) is 16.5. The smallest absolute Gasteiger partial charge is 0.234 e. The molecule has 2 aromatic rings. The molecule has 0 aliphatic carbocycles. The van der Waals surface area contributed by atoms with Crippen LogP contribution in [0.15, 0.2) is 29.6 Å². The number of fused-ring (bicyclic) bond motifs is 1. The molecule has 1 fully saturated rings. The number of hydrogen-bond donors (Lipinski definition) is 1. The van der Waals surface area contributed by atoms with Crippen molar-refractivity contribution in [2.75, 3.05) is 37.6 Å². The molecule has 1 N–H and O–H groups in total. The van der Waals surface area contributed by atoms with Crippen molar-refractivity contribution in [2.45, 2.75) is 19.9 Å². The van der Waals surface area contributed by atoms with Crippen LogP contribution in [-0.2, 0) is 4.79 Å². The van der Waals surface area contributed by atoms with Crippen LogP contribution in [0.25, 0.3) is 10.1 Å². The third-order valence-corrected chi connectivity index (χ3v) is 4.88. The van der Waals surface area contributed by atoms with Crippen molar-refractivity contribution in [1.29, 1.82) is 0 Å². The molecule has 1 aliphatic rings. The summed E-state index contributed by atoms with van der Waals surface area (Å²) in [6, 6.07) is 8.94. The Balaban J connectivity index is 1.60. The average molecular weight is 317 g/mol. The number of nitrogens with zero attached hydrogens (tertiary/aromatic N) is 2. The Kier molecular flexibility index (Phi) is 4.64. The van der Waals surface area contributed by atoms with E-state index in [0.29, 0.717) is 6.54 Å². The van der Waals surface area contributed by atoms with E-state index in [1.807, 2.05) is 13.8 Å². The molecule has 3 rings (SSSR count). The number of amides is 1. The highest BCUT2D eigenvalue weighted by molar-refractivity contribution is 7.17. The fraction of sp³-hybridized carbons (Fsp3) is 0.471. The number of nitrogens with one attached hydrogen (secondary N) is 1. The molecule has 0 bridgehead atoms. The summed E-state index contributed by atoms with van der Waals surface area (Å²) < 4.78 is 1.34. The van der Waals surface area contributed by atoms with E-state index in [1.165, 1.54) is 15.8 Å². The third kappa shape index (κ3) is 3.42. The Morgan fingerprint density at radius 3 is 2.73 bits per heavy atom. The van der Waals surface area contributed by atoms with Crippen LogP contribution in [-0.4, -0.2) is 49.6 Å². The molecule has 1 aromatic carbocycles. The van der Waals surface area contributed by atoms with E-state index in [-0.39, 0.29) is 11.9 Å². The second kappa shape index (κ2) is 6.67. The first-order valence-corrected chi connectivity index (χ1v) is 8.74. The summed E-state index contributed by atoms with van der Waals surface area (Å²) in [7, 11) is 0. The number of carbonyl (C=O) groups is 1.